The van der Waals surface area contributed by atoms with Gasteiger partial charge in [-0.05, 0) is 66.6 Å². The summed E-state index contributed by atoms with van der Waals surface area (Å²) in [5, 5.41) is 9.35. The minimum absolute atomic E-state index is 0.129. The smallest absolute Gasteiger partial charge is 0.303 e. The van der Waals surface area contributed by atoms with Crippen molar-refractivity contribution in [1.29, 1.82) is 0 Å². The highest BCUT2D eigenvalue weighted by Gasteiger charge is 2.32. The van der Waals surface area contributed by atoms with Gasteiger partial charge in [0.25, 0.3) is 0 Å². The molecule has 220 valence electrons. The third-order valence-electron chi connectivity index (χ3n) is 8.47. The Bertz CT molecular complexity index is 1240. The summed E-state index contributed by atoms with van der Waals surface area (Å²) in [6.07, 6.45) is 6.89. The quantitative estimate of drug-likeness (QED) is 0.328. The van der Waals surface area contributed by atoms with Gasteiger partial charge in [0.05, 0.1) is 20.3 Å². The van der Waals surface area contributed by atoms with Crippen molar-refractivity contribution < 1.29 is 33.7 Å². The predicted octanol–water partition coefficient (Wildman–Crippen LogP) is 4.76. The van der Waals surface area contributed by atoms with Gasteiger partial charge in [0.15, 0.2) is 11.5 Å². The Morgan fingerprint density at radius 2 is 1.85 bits per heavy atom. The van der Waals surface area contributed by atoms with Gasteiger partial charge in [-0.15, -0.1) is 0 Å². The number of carboxylic acids is 1. The third kappa shape index (κ3) is 7.01. The maximum atomic E-state index is 11.9. The number of rotatable bonds is 14. The highest BCUT2D eigenvalue weighted by Crippen LogP contribution is 2.42. The van der Waals surface area contributed by atoms with E-state index in [1.807, 2.05) is 18.2 Å². The Balaban J connectivity index is 1.35. The molecule has 1 N–H and O–H groups in total. The standard InChI is InChI=1S/C32H40N2O7/c1-39-28-19-22(8-10-27(28)41-18-16-34-29(35)12-13-30(34)36)21-33(15-4-7-31(37)38)32(23-5-2-3-6-23)25-9-11-26-24(20-25)14-17-40-26/h8-11,19-20,23,32H,2-7,12-18,21H2,1H3,(H,37,38). The molecule has 2 heterocycles. The number of carboxylic acid groups (broad SMARTS) is 1. The van der Waals surface area contributed by atoms with Gasteiger partial charge in [-0.3, -0.25) is 24.2 Å². The topological polar surface area (TPSA) is 106 Å². The molecule has 0 spiro atoms. The molecule has 5 rings (SSSR count). The van der Waals surface area contributed by atoms with Gasteiger partial charge in [-0.2, -0.15) is 0 Å². The van der Waals surface area contributed by atoms with Gasteiger partial charge in [0, 0.05) is 38.3 Å². The Morgan fingerprint density at radius 1 is 1.07 bits per heavy atom. The molecular weight excluding hydrogens is 524 g/mol. The van der Waals surface area contributed by atoms with E-state index in [-0.39, 0.29) is 50.3 Å². The van der Waals surface area contributed by atoms with Crippen LogP contribution >= 0.6 is 0 Å². The minimum Gasteiger partial charge on any atom is -0.493 e. The monoisotopic (exact) mass is 564 g/mol. The number of carbonyl (C=O) groups is 3. The van der Waals surface area contributed by atoms with E-state index >= 15 is 0 Å². The van der Waals surface area contributed by atoms with E-state index in [1.54, 1.807) is 7.11 Å². The fourth-order valence-corrected chi connectivity index (χ4v) is 6.48. The van der Waals surface area contributed by atoms with Crippen molar-refractivity contribution in [3.8, 4) is 17.2 Å². The maximum absolute atomic E-state index is 11.9. The normalized spacial score (nSPS) is 17.7. The first kappa shape index (κ1) is 28.9. The van der Waals surface area contributed by atoms with Crippen LogP contribution in [0.25, 0.3) is 0 Å². The molecule has 1 saturated heterocycles. The van der Waals surface area contributed by atoms with Crippen LogP contribution in [0.4, 0.5) is 0 Å². The van der Waals surface area contributed by atoms with Crippen molar-refractivity contribution in [3.63, 3.8) is 0 Å². The van der Waals surface area contributed by atoms with Crippen LogP contribution < -0.4 is 14.2 Å². The molecule has 0 radical (unpaired) electrons. The molecule has 2 amide bonds. The molecule has 2 fully saturated rings. The molecule has 1 aliphatic carbocycles. The summed E-state index contributed by atoms with van der Waals surface area (Å²) in [6.45, 7) is 2.44. The second kappa shape index (κ2) is 13.4. The summed E-state index contributed by atoms with van der Waals surface area (Å²) >= 11 is 0. The second-order valence-electron chi connectivity index (χ2n) is 11.2. The van der Waals surface area contributed by atoms with E-state index in [1.165, 1.54) is 28.9 Å². The van der Waals surface area contributed by atoms with Crippen molar-refractivity contribution in [2.45, 2.75) is 70.4 Å². The molecule has 3 aliphatic rings. The van der Waals surface area contributed by atoms with Gasteiger partial charge in [-0.1, -0.05) is 31.0 Å². The van der Waals surface area contributed by atoms with Crippen LogP contribution in [0.2, 0.25) is 0 Å². The fraction of sp³-hybridized carbons (Fsp3) is 0.531. The summed E-state index contributed by atoms with van der Waals surface area (Å²) in [4.78, 5) is 38.9. The zero-order chi connectivity index (χ0) is 28.8. The van der Waals surface area contributed by atoms with Crippen molar-refractivity contribution in [2.75, 3.05) is 33.4 Å². The van der Waals surface area contributed by atoms with Crippen molar-refractivity contribution in [3.05, 3.63) is 53.1 Å². The highest BCUT2D eigenvalue weighted by atomic mass is 16.5. The molecule has 1 atom stereocenters. The van der Waals surface area contributed by atoms with Crippen molar-refractivity contribution >= 4 is 17.8 Å². The first-order chi connectivity index (χ1) is 19.9. The number of likely N-dealkylation sites (tertiary alicyclic amines) is 1. The average Bonchev–Trinajstić information content (AvgIpc) is 3.72. The molecule has 2 aromatic rings. The predicted molar refractivity (Wildman–Crippen MR) is 152 cm³/mol. The first-order valence-corrected chi connectivity index (χ1v) is 14.8. The number of carbonyl (C=O) groups excluding carboxylic acids is 2. The second-order valence-corrected chi connectivity index (χ2v) is 11.2. The van der Waals surface area contributed by atoms with E-state index in [2.05, 4.69) is 23.1 Å². The third-order valence-corrected chi connectivity index (χ3v) is 8.47. The number of hydrogen-bond donors (Lipinski definition) is 1. The summed E-state index contributed by atoms with van der Waals surface area (Å²) in [5.74, 6) is 1.51. The summed E-state index contributed by atoms with van der Waals surface area (Å²) in [6, 6.07) is 12.6. The van der Waals surface area contributed by atoms with Crippen LogP contribution in [0.5, 0.6) is 17.2 Å². The number of nitrogens with zero attached hydrogens (tertiary/aromatic N) is 2. The summed E-state index contributed by atoms with van der Waals surface area (Å²) in [5.41, 5.74) is 3.56. The number of imide groups is 1. The Kier molecular flexibility index (Phi) is 9.44. The molecule has 1 unspecified atom stereocenters. The van der Waals surface area contributed by atoms with Crippen LogP contribution in [0.3, 0.4) is 0 Å². The molecule has 2 aromatic carbocycles. The van der Waals surface area contributed by atoms with Gasteiger partial charge in [-0.25, -0.2) is 0 Å². The molecule has 0 aromatic heterocycles. The lowest BCUT2D eigenvalue weighted by Crippen LogP contribution is -2.34. The Hall–Kier alpha value is -3.59. The lowest BCUT2D eigenvalue weighted by atomic mass is 9.88. The fourth-order valence-electron chi connectivity index (χ4n) is 6.48. The van der Waals surface area contributed by atoms with Crippen LogP contribution in [-0.2, 0) is 27.3 Å². The molecule has 41 heavy (non-hydrogen) atoms. The first-order valence-electron chi connectivity index (χ1n) is 14.8. The highest BCUT2D eigenvalue weighted by molar-refractivity contribution is 6.01. The number of aliphatic carboxylic acids is 1. The molecule has 2 aliphatic heterocycles. The lowest BCUT2D eigenvalue weighted by Gasteiger charge is -2.36. The lowest BCUT2D eigenvalue weighted by molar-refractivity contribution is -0.139. The minimum atomic E-state index is -0.780. The zero-order valence-corrected chi connectivity index (χ0v) is 23.8. The van der Waals surface area contributed by atoms with Gasteiger partial charge >= 0.3 is 5.97 Å². The van der Waals surface area contributed by atoms with E-state index in [4.69, 9.17) is 14.2 Å². The molecule has 9 nitrogen and oxygen atoms in total. The number of amides is 2. The Morgan fingerprint density at radius 3 is 2.59 bits per heavy atom. The SMILES string of the molecule is COc1cc(CN(CCCC(=O)O)C(c2ccc3c(c2)CCO3)C2CCCC2)ccc1OCCN1C(=O)CCC1=O. The van der Waals surface area contributed by atoms with Gasteiger partial charge in [0.2, 0.25) is 11.8 Å². The number of methoxy groups -OCH3 is 1. The summed E-state index contributed by atoms with van der Waals surface area (Å²) < 4.78 is 17.3. The maximum Gasteiger partial charge on any atom is 0.303 e. The molecule has 1 saturated carbocycles. The number of ether oxygens (including phenoxy) is 3. The number of benzene rings is 2. The van der Waals surface area contributed by atoms with Crippen LogP contribution in [0.1, 0.15) is 74.1 Å². The number of hydrogen-bond acceptors (Lipinski definition) is 7. The summed E-state index contributed by atoms with van der Waals surface area (Å²) in [7, 11) is 1.60. The largest absolute Gasteiger partial charge is 0.493 e. The van der Waals surface area contributed by atoms with E-state index in [9.17, 15) is 19.5 Å². The van der Waals surface area contributed by atoms with E-state index in [0.717, 1.165) is 30.6 Å². The average molecular weight is 565 g/mol. The molecule has 0 bridgehead atoms. The molecule has 9 heteroatoms. The Labute approximate surface area is 241 Å². The van der Waals surface area contributed by atoms with Gasteiger partial charge < -0.3 is 19.3 Å². The van der Waals surface area contributed by atoms with Crippen molar-refractivity contribution in [2.24, 2.45) is 5.92 Å². The van der Waals surface area contributed by atoms with Crippen LogP contribution in [0, 0.1) is 5.92 Å². The van der Waals surface area contributed by atoms with Crippen LogP contribution in [-0.4, -0.2) is 66.1 Å². The van der Waals surface area contributed by atoms with Crippen LogP contribution in [0.15, 0.2) is 36.4 Å². The molecular formula is C32H40N2O7. The zero-order valence-electron chi connectivity index (χ0n) is 23.8. The van der Waals surface area contributed by atoms with E-state index in [0.29, 0.717) is 43.5 Å². The van der Waals surface area contributed by atoms with Gasteiger partial charge in [0.1, 0.15) is 12.4 Å². The van der Waals surface area contributed by atoms with E-state index < -0.39 is 5.97 Å². The number of fused-ring (bicyclic) bond motifs is 1. The van der Waals surface area contributed by atoms with Crippen molar-refractivity contribution in [1.82, 2.24) is 9.80 Å².